The van der Waals surface area contributed by atoms with Gasteiger partial charge in [0.25, 0.3) is 0 Å². The predicted molar refractivity (Wildman–Crippen MR) is 188 cm³/mol. The van der Waals surface area contributed by atoms with Crippen molar-refractivity contribution in [2.24, 2.45) is 11.7 Å². The Kier molecular flexibility index (Phi) is 14.4. The summed E-state index contributed by atoms with van der Waals surface area (Å²) in [5, 5.41) is 3.98. The standard InChI is InChI=1S/C35H50N4O7S2/c1-23(9-12-27-20-35(22-43-35)21-28(46-27)19-31(36)40)10-13-30-24(2)18-29(26(4)45-30)38-32(41)14-11-25(3)44-34(42)39(5)16-17-47-48-33-8-6-7-15-37-33/h6-12,14-15,24-30H,13,16-22H2,1-5H3,(H2,36,40)(H,38,41)/t24-,25-,26+,27+,28+,29+,30-,35-/m0/s1. The number of carbonyl (C=O) groups is 3. The van der Waals surface area contributed by atoms with E-state index in [4.69, 9.17) is 24.7 Å². The van der Waals surface area contributed by atoms with Crippen LogP contribution in [-0.2, 0) is 28.5 Å². The Morgan fingerprint density at radius 1 is 1.23 bits per heavy atom. The van der Waals surface area contributed by atoms with Crippen molar-refractivity contribution in [3.05, 3.63) is 60.3 Å². The molecule has 11 nitrogen and oxygen atoms in total. The second kappa shape index (κ2) is 18.2. The van der Waals surface area contributed by atoms with Gasteiger partial charge in [0.05, 0.1) is 49.1 Å². The number of carbonyl (C=O) groups excluding carboxylic acids is 3. The first-order chi connectivity index (χ1) is 22.9. The highest BCUT2D eigenvalue weighted by atomic mass is 33.1. The minimum absolute atomic E-state index is 0.0319. The van der Waals surface area contributed by atoms with E-state index >= 15 is 0 Å². The number of amides is 3. The van der Waals surface area contributed by atoms with Crippen LogP contribution in [0.4, 0.5) is 4.79 Å². The lowest BCUT2D eigenvalue weighted by molar-refractivity contribution is -0.125. The molecule has 3 N–H and O–H groups in total. The SMILES string of the molecule is CC(C=C[C@@H]1C[C@@]2(CO2)C[C@@H](CC(N)=O)O1)=CC[C@@H]1O[C@H](C)[C@H](NC(=O)C=C[C@H](C)OC(=O)N(C)CCSSc2ccccn2)C[C@@H]1C. The second-order valence-electron chi connectivity index (χ2n) is 13.0. The Bertz CT molecular complexity index is 1320. The zero-order valence-corrected chi connectivity index (χ0v) is 30.2. The fourth-order valence-electron chi connectivity index (χ4n) is 5.85. The zero-order chi connectivity index (χ0) is 34.7. The highest BCUT2D eigenvalue weighted by Crippen LogP contribution is 2.43. The van der Waals surface area contributed by atoms with Gasteiger partial charge in [0.15, 0.2) is 0 Å². The first-order valence-corrected chi connectivity index (χ1v) is 18.9. The number of nitrogens with two attached hydrogens (primary N) is 1. The van der Waals surface area contributed by atoms with Crippen molar-refractivity contribution < 1.29 is 33.3 Å². The Balaban J connectivity index is 1.14. The van der Waals surface area contributed by atoms with Gasteiger partial charge in [-0.25, -0.2) is 9.78 Å². The summed E-state index contributed by atoms with van der Waals surface area (Å²) in [6, 6.07) is 5.63. The van der Waals surface area contributed by atoms with Gasteiger partial charge in [0, 0.05) is 44.5 Å². The number of allylic oxidation sites excluding steroid dienone is 2. The zero-order valence-electron chi connectivity index (χ0n) is 28.5. The van der Waals surface area contributed by atoms with Crippen molar-refractivity contribution in [2.75, 3.05) is 26.0 Å². The third-order valence-corrected chi connectivity index (χ3v) is 11.0. The number of ether oxygens (including phenoxy) is 4. The number of pyridine rings is 1. The van der Waals surface area contributed by atoms with Crippen molar-refractivity contribution in [3.63, 3.8) is 0 Å². The third kappa shape index (κ3) is 12.6. The van der Waals surface area contributed by atoms with Gasteiger partial charge in [0.1, 0.15) is 11.1 Å². The van der Waals surface area contributed by atoms with Crippen LogP contribution in [0, 0.1) is 5.92 Å². The lowest BCUT2D eigenvalue weighted by Crippen LogP contribution is -2.50. The highest BCUT2D eigenvalue weighted by molar-refractivity contribution is 8.76. The van der Waals surface area contributed by atoms with Gasteiger partial charge >= 0.3 is 6.09 Å². The normalized spacial score (nSPS) is 29.6. The first-order valence-electron chi connectivity index (χ1n) is 16.6. The highest BCUT2D eigenvalue weighted by Gasteiger charge is 2.51. The molecule has 8 atom stereocenters. The average molecular weight is 703 g/mol. The number of primary amides is 1. The monoisotopic (exact) mass is 702 g/mol. The smallest absolute Gasteiger partial charge is 0.410 e. The van der Waals surface area contributed by atoms with Crippen LogP contribution in [0.1, 0.15) is 59.8 Å². The number of aromatic nitrogens is 1. The molecule has 1 aromatic heterocycles. The van der Waals surface area contributed by atoms with E-state index in [1.54, 1.807) is 47.8 Å². The van der Waals surface area contributed by atoms with Crippen LogP contribution in [0.5, 0.6) is 0 Å². The fraction of sp³-hybridized carbons (Fsp3) is 0.600. The Labute approximate surface area is 292 Å². The fourth-order valence-corrected chi connectivity index (χ4v) is 7.77. The second-order valence-corrected chi connectivity index (χ2v) is 15.5. The molecule has 264 valence electrons. The average Bonchev–Trinajstić information content (AvgIpc) is 3.79. The molecular weight excluding hydrogens is 653 g/mol. The summed E-state index contributed by atoms with van der Waals surface area (Å²) in [5.41, 5.74) is 6.33. The molecule has 3 amide bonds. The van der Waals surface area contributed by atoms with Gasteiger partial charge < -0.3 is 34.9 Å². The van der Waals surface area contributed by atoms with E-state index in [0.29, 0.717) is 19.6 Å². The Morgan fingerprint density at radius 2 is 2.02 bits per heavy atom. The minimum Gasteiger partial charge on any atom is -0.442 e. The van der Waals surface area contributed by atoms with Crippen LogP contribution in [0.2, 0.25) is 0 Å². The maximum atomic E-state index is 12.7. The van der Waals surface area contributed by atoms with Crippen LogP contribution >= 0.6 is 21.6 Å². The molecule has 48 heavy (non-hydrogen) atoms. The molecule has 13 heteroatoms. The van der Waals surface area contributed by atoms with Crippen molar-refractivity contribution >= 4 is 39.5 Å². The first kappa shape index (κ1) is 38.0. The molecule has 1 aromatic rings. The maximum absolute atomic E-state index is 12.7. The molecular formula is C35H50N4O7S2. The maximum Gasteiger partial charge on any atom is 0.410 e. The summed E-state index contributed by atoms with van der Waals surface area (Å²) in [5.74, 6) is 0.353. The molecule has 3 fully saturated rings. The van der Waals surface area contributed by atoms with Gasteiger partial charge in [-0.2, -0.15) is 0 Å². The summed E-state index contributed by atoms with van der Waals surface area (Å²) in [7, 11) is 4.88. The number of nitrogens with zero attached hydrogens (tertiary/aromatic N) is 2. The topological polar surface area (TPSA) is 146 Å². The Hall–Kier alpha value is -2.84. The summed E-state index contributed by atoms with van der Waals surface area (Å²) in [6.07, 6.45) is 12.8. The van der Waals surface area contributed by atoms with Crippen LogP contribution in [0.3, 0.4) is 0 Å². The van der Waals surface area contributed by atoms with E-state index in [-0.39, 0.29) is 60.2 Å². The van der Waals surface area contributed by atoms with Crippen LogP contribution in [0.15, 0.2) is 65.4 Å². The number of rotatable bonds is 15. The van der Waals surface area contributed by atoms with E-state index in [9.17, 15) is 14.4 Å². The molecule has 0 aromatic carbocycles. The molecule has 4 heterocycles. The lowest BCUT2D eigenvalue weighted by atomic mass is 9.88. The number of nitrogens with one attached hydrogen (secondary N) is 1. The molecule has 1 spiro atoms. The van der Waals surface area contributed by atoms with Crippen molar-refractivity contribution in [2.45, 2.75) is 107 Å². The molecule has 0 aliphatic carbocycles. The summed E-state index contributed by atoms with van der Waals surface area (Å²) >= 11 is 0. The van der Waals surface area contributed by atoms with E-state index < -0.39 is 12.2 Å². The summed E-state index contributed by atoms with van der Waals surface area (Å²) < 4.78 is 23.6. The summed E-state index contributed by atoms with van der Waals surface area (Å²) in [4.78, 5) is 42.4. The lowest BCUT2D eigenvalue weighted by Gasteiger charge is -2.39. The van der Waals surface area contributed by atoms with Crippen molar-refractivity contribution in [1.29, 1.82) is 0 Å². The summed E-state index contributed by atoms with van der Waals surface area (Å²) in [6.45, 7) is 9.13. The van der Waals surface area contributed by atoms with Gasteiger partial charge in [-0.05, 0) is 68.5 Å². The quantitative estimate of drug-likeness (QED) is 0.0821. The van der Waals surface area contributed by atoms with E-state index in [2.05, 4.69) is 36.3 Å². The van der Waals surface area contributed by atoms with Crippen LogP contribution in [-0.4, -0.2) is 95.9 Å². The molecule has 0 bridgehead atoms. The van der Waals surface area contributed by atoms with Crippen LogP contribution < -0.4 is 11.1 Å². The third-order valence-electron chi connectivity index (χ3n) is 8.72. The van der Waals surface area contributed by atoms with Gasteiger partial charge in [-0.15, -0.1) is 0 Å². The van der Waals surface area contributed by atoms with Gasteiger partial charge in [-0.1, -0.05) is 47.6 Å². The molecule has 3 aliphatic rings. The predicted octanol–water partition coefficient (Wildman–Crippen LogP) is 5.22. The molecule has 0 unspecified atom stereocenters. The molecule has 0 saturated carbocycles. The van der Waals surface area contributed by atoms with Gasteiger partial charge in [-0.3, -0.25) is 9.59 Å². The number of hydrogen-bond acceptors (Lipinski definition) is 10. The van der Waals surface area contributed by atoms with E-state index in [1.807, 2.05) is 31.2 Å². The van der Waals surface area contributed by atoms with E-state index in [1.165, 1.54) is 11.0 Å². The molecule has 3 saturated heterocycles. The molecule has 4 rings (SSSR count). The molecule has 3 aliphatic heterocycles. The number of hydrogen-bond donors (Lipinski definition) is 2. The largest absolute Gasteiger partial charge is 0.442 e. The minimum atomic E-state index is -0.557. The number of epoxide rings is 1. The van der Waals surface area contributed by atoms with Crippen LogP contribution in [0.25, 0.3) is 0 Å². The van der Waals surface area contributed by atoms with E-state index in [0.717, 1.165) is 35.6 Å². The van der Waals surface area contributed by atoms with Crippen molar-refractivity contribution in [1.82, 2.24) is 15.2 Å². The molecule has 0 radical (unpaired) electrons. The van der Waals surface area contributed by atoms with Gasteiger partial charge in [0.2, 0.25) is 11.8 Å². The Morgan fingerprint density at radius 3 is 2.73 bits per heavy atom. The van der Waals surface area contributed by atoms with Crippen molar-refractivity contribution in [3.8, 4) is 0 Å².